The molecule has 0 amide bonds. The molecular formula is C14H22N2O. The van der Waals surface area contributed by atoms with Gasteiger partial charge in [-0.25, -0.2) is 0 Å². The lowest BCUT2D eigenvalue weighted by molar-refractivity contribution is 0.352. The van der Waals surface area contributed by atoms with Crippen molar-refractivity contribution in [2.75, 3.05) is 7.11 Å². The summed E-state index contributed by atoms with van der Waals surface area (Å²) in [4.78, 5) is 0. The first-order chi connectivity index (χ1) is 8.35. The standard InChI is InChI=1S/C14H22N2O/c1-17-14-9-5-4-8-12(14)10-13(16-15)11-6-2-3-7-11/h4-5,8-9,11,13,16H,2-3,6-7,10,15H2,1H3. The molecule has 0 aliphatic heterocycles. The molecule has 1 fully saturated rings. The molecular weight excluding hydrogens is 212 g/mol. The van der Waals surface area contributed by atoms with E-state index in [0.29, 0.717) is 12.0 Å². The zero-order valence-electron chi connectivity index (χ0n) is 10.5. The normalized spacial score (nSPS) is 18.2. The summed E-state index contributed by atoms with van der Waals surface area (Å²) in [6.45, 7) is 0. The molecule has 1 aromatic carbocycles. The summed E-state index contributed by atoms with van der Waals surface area (Å²) in [6.07, 6.45) is 6.22. The summed E-state index contributed by atoms with van der Waals surface area (Å²) < 4.78 is 5.38. The lowest BCUT2D eigenvalue weighted by atomic mass is 9.92. The van der Waals surface area contributed by atoms with Crippen LogP contribution in [0.1, 0.15) is 31.2 Å². The summed E-state index contributed by atoms with van der Waals surface area (Å²) >= 11 is 0. The van der Waals surface area contributed by atoms with Crippen LogP contribution in [-0.2, 0) is 6.42 Å². The van der Waals surface area contributed by atoms with Gasteiger partial charge in [0.25, 0.3) is 0 Å². The van der Waals surface area contributed by atoms with E-state index in [1.165, 1.54) is 31.2 Å². The van der Waals surface area contributed by atoms with Crippen molar-refractivity contribution in [1.29, 1.82) is 0 Å². The Labute approximate surface area is 103 Å². The van der Waals surface area contributed by atoms with Crippen molar-refractivity contribution in [1.82, 2.24) is 5.43 Å². The second-order valence-electron chi connectivity index (χ2n) is 4.83. The number of methoxy groups -OCH3 is 1. The van der Waals surface area contributed by atoms with Gasteiger partial charge in [0.1, 0.15) is 5.75 Å². The third kappa shape index (κ3) is 2.99. The number of hydrogen-bond acceptors (Lipinski definition) is 3. The number of nitrogens with two attached hydrogens (primary N) is 1. The maximum atomic E-state index is 5.70. The topological polar surface area (TPSA) is 47.3 Å². The van der Waals surface area contributed by atoms with Gasteiger partial charge in [0, 0.05) is 6.04 Å². The summed E-state index contributed by atoms with van der Waals surface area (Å²) in [6, 6.07) is 8.56. The highest BCUT2D eigenvalue weighted by molar-refractivity contribution is 5.33. The van der Waals surface area contributed by atoms with Crippen LogP contribution in [-0.4, -0.2) is 13.2 Å². The van der Waals surface area contributed by atoms with Crippen LogP contribution >= 0.6 is 0 Å². The number of rotatable bonds is 5. The molecule has 1 aromatic rings. The SMILES string of the molecule is COc1ccccc1CC(NN)C1CCCC1. The molecule has 0 heterocycles. The van der Waals surface area contributed by atoms with E-state index in [9.17, 15) is 0 Å². The quantitative estimate of drug-likeness (QED) is 0.607. The number of para-hydroxylation sites is 1. The minimum absolute atomic E-state index is 0.369. The molecule has 1 unspecified atom stereocenters. The number of hydrogen-bond donors (Lipinski definition) is 2. The van der Waals surface area contributed by atoms with Crippen LogP contribution in [0.4, 0.5) is 0 Å². The molecule has 1 saturated carbocycles. The second kappa shape index (κ2) is 6.03. The van der Waals surface area contributed by atoms with Gasteiger partial charge in [-0.2, -0.15) is 0 Å². The van der Waals surface area contributed by atoms with Crippen molar-refractivity contribution in [3.8, 4) is 5.75 Å². The molecule has 1 aliphatic carbocycles. The molecule has 1 atom stereocenters. The summed E-state index contributed by atoms with van der Waals surface area (Å²) in [7, 11) is 1.72. The molecule has 3 nitrogen and oxygen atoms in total. The molecule has 17 heavy (non-hydrogen) atoms. The van der Waals surface area contributed by atoms with Gasteiger partial charge in [0.05, 0.1) is 7.11 Å². The molecule has 0 saturated heterocycles. The van der Waals surface area contributed by atoms with E-state index in [0.717, 1.165) is 12.2 Å². The van der Waals surface area contributed by atoms with Crippen molar-refractivity contribution in [2.24, 2.45) is 11.8 Å². The molecule has 1 aliphatic rings. The molecule has 0 spiro atoms. The lowest BCUT2D eigenvalue weighted by Crippen LogP contribution is -2.41. The molecule has 0 aromatic heterocycles. The van der Waals surface area contributed by atoms with Crippen LogP contribution in [0, 0.1) is 5.92 Å². The Morgan fingerprint density at radius 2 is 2.06 bits per heavy atom. The number of ether oxygens (including phenoxy) is 1. The molecule has 0 radical (unpaired) electrons. The highest BCUT2D eigenvalue weighted by atomic mass is 16.5. The fraction of sp³-hybridized carbons (Fsp3) is 0.571. The van der Waals surface area contributed by atoms with E-state index in [1.807, 2.05) is 12.1 Å². The Bertz CT molecular complexity index is 348. The van der Waals surface area contributed by atoms with Gasteiger partial charge >= 0.3 is 0 Å². The first-order valence-electron chi connectivity index (χ1n) is 6.43. The highest BCUT2D eigenvalue weighted by Crippen LogP contribution is 2.30. The van der Waals surface area contributed by atoms with Crippen molar-refractivity contribution >= 4 is 0 Å². The van der Waals surface area contributed by atoms with Gasteiger partial charge in [-0.15, -0.1) is 0 Å². The molecule has 0 bridgehead atoms. The first kappa shape index (κ1) is 12.4. The van der Waals surface area contributed by atoms with E-state index >= 15 is 0 Å². The average Bonchev–Trinajstić information content (AvgIpc) is 2.90. The van der Waals surface area contributed by atoms with E-state index in [-0.39, 0.29) is 0 Å². The van der Waals surface area contributed by atoms with Crippen LogP contribution < -0.4 is 16.0 Å². The van der Waals surface area contributed by atoms with E-state index in [4.69, 9.17) is 10.6 Å². The summed E-state index contributed by atoms with van der Waals surface area (Å²) in [5.74, 6) is 7.38. The third-order valence-electron chi connectivity index (χ3n) is 3.82. The Balaban J connectivity index is 2.06. The largest absolute Gasteiger partial charge is 0.496 e. The molecule has 3 N–H and O–H groups in total. The number of benzene rings is 1. The van der Waals surface area contributed by atoms with Crippen molar-refractivity contribution in [3.63, 3.8) is 0 Å². The fourth-order valence-corrected chi connectivity index (χ4v) is 2.83. The first-order valence-corrected chi connectivity index (χ1v) is 6.43. The van der Waals surface area contributed by atoms with Crippen LogP contribution in [0.3, 0.4) is 0 Å². The number of nitrogens with one attached hydrogen (secondary N) is 1. The summed E-state index contributed by atoms with van der Waals surface area (Å²) in [5.41, 5.74) is 4.23. The van der Waals surface area contributed by atoms with Crippen LogP contribution in [0.2, 0.25) is 0 Å². The van der Waals surface area contributed by atoms with Crippen molar-refractivity contribution in [2.45, 2.75) is 38.1 Å². The predicted molar refractivity (Wildman–Crippen MR) is 69.8 cm³/mol. The smallest absolute Gasteiger partial charge is 0.122 e. The Kier molecular flexibility index (Phi) is 4.40. The van der Waals surface area contributed by atoms with Gasteiger partial charge in [-0.05, 0) is 36.8 Å². The Morgan fingerprint density at radius 3 is 2.71 bits per heavy atom. The summed E-state index contributed by atoms with van der Waals surface area (Å²) in [5, 5.41) is 0. The molecule has 94 valence electrons. The Morgan fingerprint density at radius 1 is 1.35 bits per heavy atom. The maximum Gasteiger partial charge on any atom is 0.122 e. The van der Waals surface area contributed by atoms with Crippen LogP contribution in [0.5, 0.6) is 5.75 Å². The zero-order chi connectivity index (χ0) is 12.1. The predicted octanol–water partition coefficient (Wildman–Crippen LogP) is 2.26. The van der Waals surface area contributed by atoms with Crippen LogP contribution in [0.25, 0.3) is 0 Å². The zero-order valence-corrected chi connectivity index (χ0v) is 10.5. The van der Waals surface area contributed by atoms with Gasteiger partial charge in [-0.1, -0.05) is 31.0 Å². The number of hydrazine groups is 1. The van der Waals surface area contributed by atoms with Gasteiger partial charge in [0.2, 0.25) is 0 Å². The minimum atomic E-state index is 0.369. The minimum Gasteiger partial charge on any atom is -0.496 e. The van der Waals surface area contributed by atoms with Crippen molar-refractivity contribution in [3.05, 3.63) is 29.8 Å². The third-order valence-corrected chi connectivity index (χ3v) is 3.82. The van der Waals surface area contributed by atoms with Crippen LogP contribution in [0.15, 0.2) is 24.3 Å². The van der Waals surface area contributed by atoms with Gasteiger partial charge < -0.3 is 4.74 Å². The second-order valence-corrected chi connectivity index (χ2v) is 4.83. The monoisotopic (exact) mass is 234 g/mol. The highest BCUT2D eigenvalue weighted by Gasteiger charge is 2.24. The van der Waals surface area contributed by atoms with E-state index in [1.54, 1.807) is 7.11 Å². The fourth-order valence-electron chi connectivity index (χ4n) is 2.83. The maximum absolute atomic E-state index is 5.70. The van der Waals surface area contributed by atoms with Crippen molar-refractivity contribution < 1.29 is 4.74 Å². The van der Waals surface area contributed by atoms with Gasteiger partial charge in [0.15, 0.2) is 0 Å². The van der Waals surface area contributed by atoms with Gasteiger partial charge in [-0.3, -0.25) is 11.3 Å². The lowest BCUT2D eigenvalue weighted by Gasteiger charge is -2.23. The molecule has 2 rings (SSSR count). The molecule has 3 heteroatoms. The van der Waals surface area contributed by atoms with E-state index < -0.39 is 0 Å². The van der Waals surface area contributed by atoms with E-state index in [2.05, 4.69) is 17.6 Å². The average molecular weight is 234 g/mol. The Hall–Kier alpha value is -1.06.